The topological polar surface area (TPSA) is 70.1 Å². The Morgan fingerprint density at radius 2 is 2.12 bits per heavy atom. The summed E-state index contributed by atoms with van der Waals surface area (Å²) in [6.07, 6.45) is 1.51. The van der Waals surface area contributed by atoms with Crippen LogP contribution in [0.25, 0.3) is 0 Å². The van der Waals surface area contributed by atoms with Gasteiger partial charge in [0.05, 0.1) is 4.47 Å². The lowest BCUT2D eigenvalue weighted by atomic mass is 10.5. The third-order valence-electron chi connectivity index (χ3n) is 2.23. The molecule has 96 valence electrons. The molecule has 0 aliphatic carbocycles. The lowest BCUT2D eigenvalue weighted by molar-refractivity contribution is 0.397. The Labute approximate surface area is 108 Å². The minimum atomic E-state index is -0.396. The molecule has 1 heterocycles. The summed E-state index contributed by atoms with van der Waals surface area (Å²) in [5.41, 5.74) is -0.778. The van der Waals surface area contributed by atoms with Crippen LogP contribution in [0.4, 0.5) is 0 Å². The minimum Gasteiger partial charge on any atom is -0.314 e. The van der Waals surface area contributed by atoms with Gasteiger partial charge in [0.2, 0.25) is 0 Å². The molecule has 0 aliphatic heterocycles. The number of hydrogen-bond acceptors (Lipinski definition) is 4. The van der Waals surface area contributed by atoms with E-state index < -0.39 is 5.56 Å². The molecule has 1 aromatic rings. The zero-order chi connectivity index (χ0) is 12.8. The van der Waals surface area contributed by atoms with Crippen LogP contribution in [0.3, 0.4) is 0 Å². The van der Waals surface area contributed by atoms with Gasteiger partial charge in [-0.2, -0.15) is 0 Å². The summed E-state index contributed by atoms with van der Waals surface area (Å²) in [4.78, 5) is 26.8. The Hall–Kier alpha value is -0.920. The fourth-order valence-corrected chi connectivity index (χ4v) is 1.62. The monoisotopic (exact) mass is 304 g/mol. The van der Waals surface area contributed by atoms with E-state index in [-0.39, 0.29) is 5.69 Å². The van der Waals surface area contributed by atoms with Crippen molar-refractivity contribution in [2.24, 2.45) is 0 Å². The molecule has 1 rings (SSSR count). The number of nitrogens with one attached hydrogen (secondary N) is 2. The lowest BCUT2D eigenvalue weighted by Crippen LogP contribution is -2.34. The first kappa shape index (κ1) is 14.1. The van der Waals surface area contributed by atoms with Gasteiger partial charge in [0, 0.05) is 32.4 Å². The van der Waals surface area contributed by atoms with Gasteiger partial charge >= 0.3 is 5.69 Å². The SMILES string of the molecule is CN(C)CCNCCn1cc(Br)c(=O)[nH]c1=O. The number of nitrogens with zero attached hydrogens (tertiary/aromatic N) is 2. The van der Waals surface area contributed by atoms with Gasteiger partial charge in [-0.25, -0.2) is 4.79 Å². The molecule has 0 saturated heterocycles. The van der Waals surface area contributed by atoms with E-state index in [4.69, 9.17) is 0 Å². The number of likely N-dealkylation sites (N-methyl/N-ethyl adjacent to an activating group) is 1. The van der Waals surface area contributed by atoms with Gasteiger partial charge < -0.3 is 10.2 Å². The highest BCUT2D eigenvalue weighted by Crippen LogP contribution is 1.97. The van der Waals surface area contributed by atoms with Crippen LogP contribution in [0.15, 0.2) is 20.3 Å². The number of hydrogen-bond donors (Lipinski definition) is 2. The van der Waals surface area contributed by atoms with Crippen molar-refractivity contribution in [2.75, 3.05) is 33.7 Å². The quantitative estimate of drug-likeness (QED) is 0.692. The first-order valence-corrected chi connectivity index (χ1v) is 6.14. The van der Waals surface area contributed by atoms with Crippen LogP contribution < -0.4 is 16.6 Å². The molecular weight excluding hydrogens is 288 g/mol. The summed E-state index contributed by atoms with van der Waals surface area (Å²) in [5, 5.41) is 3.22. The molecule has 0 atom stereocenters. The normalized spacial score (nSPS) is 11.1. The van der Waals surface area contributed by atoms with Crippen LogP contribution in [0.2, 0.25) is 0 Å². The Kier molecular flexibility index (Phi) is 5.60. The molecule has 0 saturated carbocycles. The molecule has 2 N–H and O–H groups in total. The molecule has 6 nitrogen and oxygen atoms in total. The van der Waals surface area contributed by atoms with Crippen molar-refractivity contribution < 1.29 is 0 Å². The van der Waals surface area contributed by atoms with Crippen LogP contribution >= 0.6 is 15.9 Å². The van der Waals surface area contributed by atoms with Gasteiger partial charge in [-0.05, 0) is 30.0 Å². The average Bonchev–Trinajstić information content (AvgIpc) is 2.24. The molecule has 0 aliphatic rings. The Morgan fingerprint density at radius 3 is 2.76 bits per heavy atom. The predicted molar refractivity (Wildman–Crippen MR) is 70.4 cm³/mol. The molecule has 0 fully saturated rings. The molecule has 0 radical (unpaired) electrons. The Balaban J connectivity index is 2.45. The number of halogens is 1. The molecule has 0 spiro atoms. The second-order valence-corrected chi connectivity index (χ2v) is 4.84. The third kappa shape index (κ3) is 4.84. The van der Waals surface area contributed by atoms with E-state index in [1.165, 1.54) is 10.8 Å². The first-order valence-electron chi connectivity index (χ1n) is 5.35. The number of aromatic amines is 1. The average molecular weight is 305 g/mol. The summed E-state index contributed by atoms with van der Waals surface area (Å²) < 4.78 is 1.83. The van der Waals surface area contributed by atoms with Crippen molar-refractivity contribution in [3.05, 3.63) is 31.5 Å². The highest BCUT2D eigenvalue weighted by Gasteiger charge is 2.01. The lowest BCUT2D eigenvalue weighted by Gasteiger charge is -2.10. The largest absolute Gasteiger partial charge is 0.328 e. The van der Waals surface area contributed by atoms with Gasteiger partial charge in [-0.1, -0.05) is 0 Å². The van der Waals surface area contributed by atoms with E-state index in [1.54, 1.807) is 0 Å². The maximum atomic E-state index is 11.4. The molecule has 7 heteroatoms. The Bertz CT molecular complexity index is 466. The molecule has 0 aromatic carbocycles. The number of rotatable bonds is 6. The molecule has 0 unspecified atom stereocenters. The van der Waals surface area contributed by atoms with E-state index >= 15 is 0 Å². The maximum absolute atomic E-state index is 11.4. The van der Waals surface area contributed by atoms with Crippen molar-refractivity contribution in [2.45, 2.75) is 6.54 Å². The third-order valence-corrected chi connectivity index (χ3v) is 2.80. The number of H-pyrrole nitrogens is 1. The predicted octanol–water partition coefficient (Wildman–Crippen LogP) is -0.550. The smallest absolute Gasteiger partial charge is 0.314 e. The van der Waals surface area contributed by atoms with Crippen LogP contribution in [0.1, 0.15) is 0 Å². The van der Waals surface area contributed by atoms with E-state index in [1.807, 2.05) is 14.1 Å². The fourth-order valence-electron chi connectivity index (χ4n) is 1.28. The summed E-state index contributed by atoms with van der Waals surface area (Å²) >= 11 is 3.09. The minimum absolute atomic E-state index is 0.366. The van der Waals surface area contributed by atoms with Crippen LogP contribution in [0, 0.1) is 0 Å². The number of aromatic nitrogens is 2. The van der Waals surface area contributed by atoms with Crippen LogP contribution in [0.5, 0.6) is 0 Å². The van der Waals surface area contributed by atoms with Gasteiger partial charge in [0.15, 0.2) is 0 Å². The molecular formula is C10H17BrN4O2. The van der Waals surface area contributed by atoms with Crippen molar-refractivity contribution in [1.82, 2.24) is 19.8 Å². The molecule has 1 aromatic heterocycles. The standard InChI is InChI=1S/C10H17BrN4O2/c1-14(2)5-3-12-4-6-15-7-8(11)9(16)13-10(15)17/h7,12H,3-6H2,1-2H3,(H,13,16,17). The van der Waals surface area contributed by atoms with Crippen molar-refractivity contribution >= 4 is 15.9 Å². The zero-order valence-corrected chi connectivity index (χ0v) is 11.6. The summed E-state index contributed by atoms with van der Waals surface area (Å²) in [6.45, 7) is 3.03. The van der Waals surface area contributed by atoms with Crippen LogP contribution in [-0.2, 0) is 6.54 Å². The van der Waals surface area contributed by atoms with E-state index in [9.17, 15) is 9.59 Å². The molecule has 0 amide bonds. The molecule has 0 bridgehead atoms. The molecule has 17 heavy (non-hydrogen) atoms. The first-order chi connectivity index (χ1) is 8.00. The maximum Gasteiger partial charge on any atom is 0.328 e. The van der Waals surface area contributed by atoms with Gasteiger partial charge in [0.1, 0.15) is 0 Å². The highest BCUT2D eigenvalue weighted by molar-refractivity contribution is 9.10. The van der Waals surface area contributed by atoms with E-state index in [2.05, 4.69) is 31.1 Å². The van der Waals surface area contributed by atoms with Crippen molar-refractivity contribution in [3.8, 4) is 0 Å². The Morgan fingerprint density at radius 1 is 1.41 bits per heavy atom. The summed E-state index contributed by atoms with van der Waals surface area (Å²) in [6, 6.07) is 0. The van der Waals surface area contributed by atoms with Gasteiger partial charge in [-0.15, -0.1) is 0 Å². The van der Waals surface area contributed by atoms with Gasteiger partial charge in [-0.3, -0.25) is 14.3 Å². The van der Waals surface area contributed by atoms with Crippen molar-refractivity contribution in [1.29, 1.82) is 0 Å². The fraction of sp³-hybridized carbons (Fsp3) is 0.600. The zero-order valence-electron chi connectivity index (χ0n) is 9.99. The van der Waals surface area contributed by atoms with E-state index in [0.29, 0.717) is 17.6 Å². The highest BCUT2D eigenvalue weighted by atomic mass is 79.9. The summed E-state index contributed by atoms with van der Waals surface area (Å²) in [7, 11) is 4.01. The second-order valence-electron chi connectivity index (χ2n) is 3.98. The van der Waals surface area contributed by atoms with Gasteiger partial charge in [0.25, 0.3) is 5.56 Å². The second kappa shape index (κ2) is 6.73. The summed E-state index contributed by atoms with van der Waals surface area (Å²) in [5.74, 6) is 0. The van der Waals surface area contributed by atoms with Crippen molar-refractivity contribution in [3.63, 3.8) is 0 Å². The van der Waals surface area contributed by atoms with E-state index in [0.717, 1.165) is 13.1 Å². The van der Waals surface area contributed by atoms with Crippen LogP contribution in [-0.4, -0.2) is 48.2 Å².